The zero-order valence-electron chi connectivity index (χ0n) is 17.7. The molecule has 0 heterocycles. The van der Waals surface area contributed by atoms with E-state index >= 15 is 0 Å². The lowest BCUT2D eigenvalue weighted by atomic mass is 9.96. The van der Waals surface area contributed by atoms with Gasteiger partial charge in [0.1, 0.15) is 6.10 Å². The molecule has 0 unspecified atom stereocenters. The highest BCUT2D eigenvalue weighted by Gasteiger charge is 2.35. The molecule has 0 aliphatic carbocycles. The van der Waals surface area contributed by atoms with Crippen LogP contribution in [-0.4, -0.2) is 40.7 Å². The summed E-state index contributed by atoms with van der Waals surface area (Å²) in [6, 6.07) is 5.23. The van der Waals surface area contributed by atoms with Gasteiger partial charge in [-0.25, -0.2) is 9.59 Å². The number of rotatable bonds is 10. The number of ether oxygens (including phenoxy) is 2. The number of hydrogen-bond acceptors (Lipinski definition) is 5. The molecule has 1 rings (SSSR count). The zero-order valence-corrected chi connectivity index (χ0v) is 17.7. The molecule has 0 radical (unpaired) electrons. The topological polar surface area (TPSA) is 106 Å². The van der Waals surface area contributed by atoms with Crippen molar-refractivity contribution in [1.29, 1.82) is 0 Å². The number of carbonyl (C=O) groups excluding carboxylic acids is 3. The van der Waals surface area contributed by atoms with Crippen molar-refractivity contribution >= 4 is 23.4 Å². The summed E-state index contributed by atoms with van der Waals surface area (Å²) < 4.78 is 44.9. The maximum Gasteiger partial charge on any atom is 0.575 e. The predicted molar refractivity (Wildman–Crippen MR) is 104 cm³/mol. The Labute approximate surface area is 178 Å². The Hall–Kier alpha value is -3.00. The molecule has 10 heteroatoms. The fourth-order valence-corrected chi connectivity index (χ4v) is 2.97. The first-order chi connectivity index (χ1) is 14.4. The molecule has 0 N–H and O–H groups in total. The largest absolute Gasteiger partial charge is 0.575 e. The number of nitrogens with zero attached hydrogens (tertiary/aromatic N) is 2. The molecule has 0 fully saturated rings. The van der Waals surface area contributed by atoms with Crippen molar-refractivity contribution in [3.8, 4) is 0 Å². The fraction of sp³-hybridized carbons (Fsp3) is 0.524. The summed E-state index contributed by atoms with van der Waals surface area (Å²) in [6.45, 7) is 7.46. The van der Waals surface area contributed by atoms with Crippen LogP contribution < -0.4 is 0 Å². The number of hydrogen-bond donors (Lipinski definition) is 0. The van der Waals surface area contributed by atoms with Crippen molar-refractivity contribution < 1.29 is 41.8 Å². The average Bonchev–Trinajstić information content (AvgIpc) is 2.65. The Bertz CT molecular complexity index is 834. The minimum atomic E-state index is -5.06. The van der Waals surface area contributed by atoms with Gasteiger partial charge in [-0.15, -0.1) is 13.2 Å². The fourth-order valence-electron chi connectivity index (χ4n) is 2.97. The van der Waals surface area contributed by atoms with Crippen molar-refractivity contribution in [3.63, 3.8) is 0 Å². The third kappa shape index (κ3) is 8.72. The van der Waals surface area contributed by atoms with E-state index in [2.05, 4.69) is 9.53 Å². The molecule has 31 heavy (non-hydrogen) atoms. The van der Waals surface area contributed by atoms with Gasteiger partial charge in [-0.1, -0.05) is 39.8 Å². The number of Topliss-reactive ketones (excluding diaryl/α,β-unsaturated/α-hetero) is 1. The van der Waals surface area contributed by atoms with Crippen LogP contribution in [0.1, 0.15) is 56.5 Å². The molecule has 0 aromatic heterocycles. The first-order valence-electron chi connectivity index (χ1n) is 9.71. The molecule has 7 nitrogen and oxygen atoms in total. The van der Waals surface area contributed by atoms with Gasteiger partial charge >= 0.3 is 24.0 Å². The maximum atomic E-state index is 12.2. The lowest BCUT2D eigenvalue weighted by molar-refractivity contribution is -0.291. The summed E-state index contributed by atoms with van der Waals surface area (Å²) in [4.78, 5) is 38.6. The van der Waals surface area contributed by atoms with Crippen LogP contribution in [0.2, 0.25) is 0 Å². The minimum absolute atomic E-state index is 0.00961. The van der Waals surface area contributed by atoms with E-state index in [9.17, 15) is 27.6 Å². The van der Waals surface area contributed by atoms with Crippen LogP contribution in [0.25, 0.3) is 5.53 Å². The number of benzene rings is 1. The normalized spacial score (nSPS) is 11.4. The molecule has 0 spiro atoms. The number of alkyl halides is 3. The smallest absolute Gasteiger partial charge is 0.453 e. The molecule has 1 aromatic carbocycles. The van der Waals surface area contributed by atoms with Gasteiger partial charge in [-0.3, -0.25) is 4.79 Å². The van der Waals surface area contributed by atoms with Crippen LogP contribution in [0, 0.1) is 11.8 Å². The molecule has 170 valence electrons. The summed E-state index contributed by atoms with van der Waals surface area (Å²) in [5.74, 6) is -3.18. The van der Waals surface area contributed by atoms with E-state index in [-0.39, 0.29) is 30.2 Å². The summed E-state index contributed by atoms with van der Waals surface area (Å²) >= 11 is 0. The first-order valence-corrected chi connectivity index (χ1v) is 9.71. The van der Waals surface area contributed by atoms with Crippen molar-refractivity contribution in [2.45, 2.75) is 59.4 Å². The lowest BCUT2D eigenvalue weighted by Crippen LogP contribution is -2.35. The number of aryl methyl sites for hydroxylation is 1. The van der Waals surface area contributed by atoms with Crippen molar-refractivity contribution in [2.24, 2.45) is 11.8 Å². The van der Waals surface area contributed by atoms with Crippen molar-refractivity contribution in [3.05, 3.63) is 40.9 Å². The molecule has 0 atom stereocenters. The second kappa shape index (κ2) is 11.4. The Morgan fingerprint density at radius 3 is 2.03 bits per heavy atom. The van der Waals surface area contributed by atoms with Gasteiger partial charge in [-0.05, 0) is 42.4 Å². The standard InChI is InChI=1S/C21H25F3N2O5/c1-12(2)18(13(3)4)30-20(29)17(26-25)16(27)7-5-6-14-8-10-15(11-9-14)19(28)31-21(22,23)24/h8-13,18H,5-7H2,1-4H3. The first kappa shape index (κ1) is 26.0. The lowest BCUT2D eigenvalue weighted by Gasteiger charge is -2.23. The number of carbonyl (C=O) groups is 3. The highest BCUT2D eigenvalue weighted by Crippen LogP contribution is 2.19. The molecule has 0 aliphatic heterocycles. The van der Waals surface area contributed by atoms with Crippen LogP contribution in [0.3, 0.4) is 0 Å². The molecular weight excluding hydrogens is 417 g/mol. The van der Waals surface area contributed by atoms with E-state index in [1.807, 2.05) is 27.7 Å². The van der Waals surface area contributed by atoms with E-state index in [4.69, 9.17) is 10.3 Å². The Morgan fingerprint density at radius 1 is 1.03 bits per heavy atom. The van der Waals surface area contributed by atoms with Gasteiger partial charge in [-0.2, -0.15) is 4.79 Å². The monoisotopic (exact) mass is 442 g/mol. The summed E-state index contributed by atoms with van der Waals surface area (Å²) in [5, 5.41) is 0. The summed E-state index contributed by atoms with van der Waals surface area (Å²) in [5.41, 5.74) is 8.78. The molecule has 0 bridgehead atoms. The van der Waals surface area contributed by atoms with Crippen LogP contribution in [0.5, 0.6) is 0 Å². The Balaban J connectivity index is 2.62. The van der Waals surface area contributed by atoms with Gasteiger partial charge < -0.3 is 15.0 Å². The Morgan fingerprint density at radius 2 is 1.58 bits per heavy atom. The van der Waals surface area contributed by atoms with Crippen LogP contribution in [0.15, 0.2) is 24.3 Å². The molecule has 0 aliphatic rings. The van der Waals surface area contributed by atoms with E-state index < -0.39 is 35.9 Å². The Kier molecular flexibility index (Phi) is 9.58. The summed E-state index contributed by atoms with van der Waals surface area (Å²) in [6.07, 6.45) is -5.00. The van der Waals surface area contributed by atoms with Crippen molar-refractivity contribution in [2.75, 3.05) is 0 Å². The molecule has 1 aromatic rings. The molecular formula is C21H25F3N2O5. The second-order valence-electron chi connectivity index (χ2n) is 7.62. The number of halogens is 3. The van der Waals surface area contributed by atoms with Gasteiger partial charge in [0.15, 0.2) is 0 Å². The summed E-state index contributed by atoms with van der Waals surface area (Å²) in [7, 11) is 0. The maximum absolute atomic E-state index is 12.2. The average molecular weight is 442 g/mol. The van der Waals surface area contributed by atoms with Crippen LogP contribution in [0.4, 0.5) is 13.2 Å². The van der Waals surface area contributed by atoms with Gasteiger partial charge in [0.25, 0.3) is 5.78 Å². The van der Waals surface area contributed by atoms with Gasteiger partial charge in [0.05, 0.1) is 5.56 Å². The SMILES string of the molecule is CC(C)C(OC(=O)C(=[N+]=[N-])C(=O)CCCc1ccc(C(=O)OC(F)(F)F)cc1)C(C)C. The van der Waals surface area contributed by atoms with E-state index in [1.54, 1.807) is 0 Å². The zero-order chi connectivity index (χ0) is 23.8. The molecule has 0 saturated carbocycles. The van der Waals surface area contributed by atoms with E-state index in [1.165, 1.54) is 24.3 Å². The highest BCUT2D eigenvalue weighted by atomic mass is 19.4. The van der Waals surface area contributed by atoms with E-state index in [0.717, 1.165) is 0 Å². The quantitative estimate of drug-likeness (QED) is 0.178. The third-order valence-corrected chi connectivity index (χ3v) is 4.38. The van der Waals surface area contributed by atoms with Crippen molar-refractivity contribution in [1.82, 2.24) is 0 Å². The molecule has 0 amide bonds. The minimum Gasteiger partial charge on any atom is -0.453 e. The number of ketones is 1. The highest BCUT2D eigenvalue weighted by molar-refractivity contribution is 6.62. The predicted octanol–water partition coefficient (Wildman–Crippen LogP) is 4.15. The third-order valence-electron chi connectivity index (χ3n) is 4.38. The second-order valence-corrected chi connectivity index (χ2v) is 7.62. The van der Waals surface area contributed by atoms with Crippen LogP contribution in [-0.2, 0) is 25.5 Å². The van der Waals surface area contributed by atoms with Gasteiger partial charge in [0, 0.05) is 6.42 Å². The molecule has 0 saturated heterocycles. The van der Waals surface area contributed by atoms with Crippen LogP contribution >= 0.6 is 0 Å². The van der Waals surface area contributed by atoms with E-state index in [0.29, 0.717) is 12.0 Å². The van der Waals surface area contributed by atoms with Gasteiger partial charge in [0.2, 0.25) is 0 Å². The number of esters is 2.